The smallest absolute Gasteiger partial charge is 0.315 e. The number of hydrogen-bond donors (Lipinski definition) is 0. The lowest BCUT2D eigenvalue weighted by atomic mass is 9.67. The summed E-state index contributed by atoms with van der Waals surface area (Å²) in [5.74, 6) is -1.29. The Kier molecular flexibility index (Phi) is 5.98. The van der Waals surface area contributed by atoms with Crippen LogP contribution in [0.5, 0.6) is 0 Å². The number of Topliss-reactive ketones (excluding diaryl/α,β-unsaturated/α-hetero) is 1. The molecule has 0 radical (unpaired) electrons. The average molecular weight is 480 g/mol. The number of aliphatic imine (C=N–C) groups is 1. The van der Waals surface area contributed by atoms with Gasteiger partial charge < -0.3 is 4.74 Å². The Hall–Kier alpha value is -2.53. The van der Waals surface area contributed by atoms with Crippen LogP contribution < -0.4 is 0 Å². The second-order valence-electron chi connectivity index (χ2n) is 9.16. The van der Waals surface area contributed by atoms with Crippen LogP contribution in [0.25, 0.3) is 0 Å². The van der Waals surface area contributed by atoms with Crippen molar-refractivity contribution in [2.75, 3.05) is 0 Å². The summed E-state index contributed by atoms with van der Waals surface area (Å²) in [6.45, 7) is 6.25. The van der Waals surface area contributed by atoms with Crippen molar-refractivity contribution in [3.8, 4) is 0 Å². The van der Waals surface area contributed by atoms with Crippen LogP contribution in [0.3, 0.4) is 0 Å². The summed E-state index contributed by atoms with van der Waals surface area (Å²) in [4.78, 5) is 31.4. The first-order chi connectivity index (χ1) is 14.7. The molecule has 1 aliphatic heterocycles. The molecule has 5 heteroatoms. The molecule has 4 nitrogen and oxygen atoms in total. The maximum Gasteiger partial charge on any atom is 0.315 e. The molecule has 2 aromatic rings. The van der Waals surface area contributed by atoms with Crippen molar-refractivity contribution in [1.29, 1.82) is 0 Å². The zero-order valence-corrected chi connectivity index (χ0v) is 19.6. The van der Waals surface area contributed by atoms with Crippen molar-refractivity contribution in [2.24, 2.45) is 16.3 Å². The Bertz CT molecular complexity index is 1080. The lowest BCUT2D eigenvalue weighted by Crippen LogP contribution is -2.39. The van der Waals surface area contributed by atoms with Crippen molar-refractivity contribution >= 4 is 33.4 Å². The Labute approximate surface area is 191 Å². The van der Waals surface area contributed by atoms with Crippen LogP contribution in [-0.4, -0.2) is 17.5 Å². The SMILES string of the molecule is CC1=NC2=C(C(=O)CC(C)(C)C2)[C@H](c2cccc(Br)c2)C1C(=O)OCc1ccccc1. The first-order valence-electron chi connectivity index (χ1n) is 10.5. The number of rotatable bonds is 4. The molecule has 2 aromatic carbocycles. The highest BCUT2D eigenvalue weighted by Crippen LogP contribution is 2.48. The highest BCUT2D eigenvalue weighted by atomic mass is 79.9. The van der Waals surface area contributed by atoms with Crippen LogP contribution in [0.2, 0.25) is 0 Å². The molecule has 0 saturated heterocycles. The van der Waals surface area contributed by atoms with Crippen LogP contribution in [0.1, 0.15) is 50.7 Å². The predicted octanol–water partition coefficient (Wildman–Crippen LogP) is 6.01. The molecule has 0 saturated carbocycles. The summed E-state index contributed by atoms with van der Waals surface area (Å²) in [5.41, 5.74) is 3.90. The minimum Gasteiger partial charge on any atom is -0.460 e. The molecule has 160 valence electrons. The van der Waals surface area contributed by atoms with Crippen molar-refractivity contribution in [1.82, 2.24) is 0 Å². The third kappa shape index (κ3) is 4.57. The van der Waals surface area contributed by atoms with Gasteiger partial charge in [-0.25, -0.2) is 0 Å². The quantitative estimate of drug-likeness (QED) is 0.504. The summed E-state index contributed by atoms with van der Waals surface area (Å²) < 4.78 is 6.62. The van der Waals surface area contributed by atoms with Crippen molar-refractivity contribution in [3.63, 3.8) is 0 Å². The molecule has 4 rings (SSSR count). The van der Waals surface area contributed by atoms with E-state index >= 15 is 0 Å². The molecule has 1 aliphatic carbocycles. The second-order valence-corrected chi connectivity index (χ2v) is 10.1. The maximum atomic E-state index is 13.3. The van der Waals surface area contributed by atoms with E-state index in [1.807, 2.05) is 61.5 Å². The first-order valence-corrected chi connectivity index (χ1v) is 11.3. The van der Waals surface area contributed by atoms with Gasteiger partial charge in [0.05, 0.1) is 0 Å². The molecular weight excluding hydrogens is 454 g/mol. The van der Waals surface area contributed by atoms with Gasteiger partial charge in [-0.15, -0.1) is 0 Å². The van der Waals surface area contributed by atoms with E-state index in [4.69, 9.17) is 9.73 Å². The topological polar surface area (TPSA) is 55.7 Å². The minimum absolute atomic E-state index is 0.0772. The maximum absolute atomic E-state index is 13.3. The first kappa shape index (κ1) is 21.7. The molecule has 0 bridgehead atoms. The lowest BCUT2D eigenvalue weighted by molar-refractivity contribution is -0.148. The molecule has 1 unspecified atom stereocenters. The Morgan fingerprint density at radius 1 is 1.13 bits per heavy atom. The van der Waals surface area contributed by atoms with Gasteiger partial charge in [0.25, 0.3) is 0 Å². The van der Waals surface area contributed by atoms with E-state index in [1.54, 1.807) is 0 Å². The Balaban J connectivity index is 1.73. The largest absolute Gasteiger partial charge is 0.460 e. The van der Waals surface area contributed by atoms with Gasteiger partial charge in [0.2, 0.25) is 0 Å². The van der Waals surface area contributed by atoms with Crippen LogP contribution in [0.15, 0.2) is 75.3 Å². The molecule has 1 heterocycles. The highest BCUT2D eigenvalue weighted by Gasteiger charge is 2.46. The Morgan fingerprint density at radius 3 is 2.58 bits per heavy atom. The highest BCUT2D eigenvalue weighted by molar-refractivity contribution is 9.10. The summed E-state index contributed by atoms with van der Waals surface area (Å²) in [7, 11) is 0. The molecule has 2 aliphatic rings. The Morgan fingerprint density at radius 2 is 1.87 bits per heavy atom. The zero-order valence-electron chi connectivity index (χ0n) is 18.0. The molecule has 0 spiro atoms. The van der Waals surface area contributed by atoms with E-state index in [0.717, 1.165) is 27.7 Å². The minimum atomic E-state index is -0.623. The summed E-state index contributed by atoms with van der Waals surface area (Å²) in [6, 6.07) is 17.4. The fourth-order valence-corrected chi connectivity index (χ4v) is 5.05. The van der Waals surface area contributed by atoms with Gasteiger partial charge in [-0.2, -0.15) is 0 Å². The number of ether oxygens (including phenoxy) is 1. The van der Waals surface area contributed by atoms with Gasteiger partial charge in [0.1, 0.15) is 12.5 Å². The molecule has 0 amide bonds. The number of esters is 1. The van der Waals surface area contributed by atoms with Crippen molar-refractivity contribution < 1.29 is 14.3 Å². The number of ketones is 1. The summed E-state index contributed by atoms with van der Waals surface area (Å²) >= 11 is 3.54. The normalized spacial score (nSPS) is 22.6. The number of hydrogen-bond acceptors (Lipinski definition) is 4. The molecule has 2 atom stereocenters. The third-order valence-electron chi connectivity index (χ3n) is 5.99. The fraction of sp³-hybridized carbons (Fsp3) is 0.346. The van der Waals surface area contributed by atoms with E-state index in [2.05, 4.69) is 29.8 Å². The summed E-state index contributed by atoms with van der Waals surface area (Å²) in [5, 5.41) is 0. The molecule has 0 N–H and O–H groups in total. The second kappa shape index (κ2) is 8.54. The van der Waals surface area contributed by atoms with E-state index < -0.39 is 11.8 Å². The lowest BCUT2D eigenvalue weighted by Gasteiger charge is -2.39. The number of nitrogens with zero attached hydrogens (tertiary/aromatic N) is 1. The van der Waals surface area contributed by atoms with Gasteiger partial charge in [-0.3, -0.25) is 14.6 Å². The number of carbonyl (C=O) groups is 2. The average Bonchev–Trinajstić information content (AvgIpc) is 2.71. The van der Waals surface area contributed by atoms with Gasteiger partial charge >= 0.3 is 5.97 Å². The standard InChI is InChI=1S/C26H26BrNO3/c1-16-22(25(30)31-15-17-8-5-4-6-9-17)23(18-10-7-11-19(27)12-18)24-20(28-16)13-26(2,3)14-21(24)29/h4-12,22-23H,13-15H2,1-3H3/t22?,23-/m1/s1. The molecule has 0 aromatic heterocycles. The monoisotopic (exact) mass is 479 g/mol. The molecule has 31 heavy (non-hydrogen) atoms. The van der Waals surface area contributed by atoms with Crippen LogP contribution in [0, 0.1) is 11.3 Å². The van der Waals surface area contributed by atoms with E-state index in [9.17, 15) is 9.59 Å². The fourth-order valence-electron chi connectivity index (χ4n) is 4.63. The van der Waals surface area contributed by atoms with E-state index in [0.29, 0.717) is 17.7 Å². The van der Waals surface area contributed by atoms with Gasteiger partial charge in [-0.05, 0) is 42.0 Å². The number of allylic oxidation sites excluding steroid dienone is 2. The number of halogens is 1. The summed E-state index contributed by atoms with van der Waals surface area (Å²) in [6.07, 6.45) is 1.18. The van der Waals surface area contributed by atoms with Gasteiger partial charge in [-0.1, -0.05) is 72.2 Å². The van der Waals surface area contributed by atoms with Crippen LogP contribution in [0.4, 0.5) is 0 Å². The number of benzene rings is 2. The molecular formula is C26H26BrNO3. The van der Waals surface area contributed by atoms with Gasteiger partial charge in [0, 0.05) is 33.8 Å². The van der Waals surface area contributed by atoms with Gasteiger partial charge in [0.15, 0.2) is 5.78 Å². The predicted molar refractivity (Wildman–Crippen MR) is 125 cm³/mol. The van der Waals surface area contributed by atoms with Crippen molar-refractivity contribution in [2.45, 2.75) is 46.1 Å². The third-order valence-corrected chi connectivity index (χ3v) is 6.48. The van der Waals surface area contributed by atoms with E-state index in [1.165, 1.54) is 0 Å². The van der Waals surface area contributed by atoms with Crippen LogP contribution >= 0.6 is 15.9 Å². The van der Waals surface area contributed by atoms with E-state index in [-0.39, 0.29) is 23.8 Å². The zero-order chi connectivity index (χ0) is 22.2. The molecule has 0 fully saturated rings. The van der Waals surface area contributed by atoms with Crippen LogP contribution in [-0.2, 0) is 20.9 Å². The van der Waals surface area contributed by atoms with Crippen molar-refractivity contribution in [3.05, 3.63) is 81.5 Å². The number of carbonyl (C=O) groups excluding carboxylic acids is 2.